The van der Waals surface area contributed by atoms with Gasteiger partial charge >= 0.3 is 5.97 Å². The summed E-state index contributed by atoms with van der Waals surface area (Å²) in [4.78, 5) is 61.0. The molecule has 10 nitrogen and oxygen atoms in total. The van der Waals surface area contributed by atoms with Crippen molar-refractivity contribution in [3.8, 4) is 0 Å². The number of hydrogen-bond acceptors (Lipinski definition) is 9. The van der Waals surface area contributed by atoms with Crippen molar-refractivity contribution in [1.29, 1.82) is 0 Å². The second kappa shape index (κ2) is 18.6. The van der Waals surface area contributed by atoms with Crippen molar-refractivity contribution in [3.63, 3.8) is 0 Å². The lowest BCUT2D eigenvalue weighted by molar-refractivity contribution is -0.145. The number of aliphatic hydroxyl groups is 1. The molecule has 0 radical (unpaired) electrons. The molecule has 11 heteroatoms. The molecule has 0 spiro atoms. The molecule has 0 bridgehead atoms. The minimum absolute atomic E-state index is 0.0168. The molecule has 48 heavy (non-hydrogen) atoms. The van der Waals surface area contributed by atoms with Crippen LogP contribution in [-0.2, 0) is 25.5 Å². The monoisotopic (exact) mass is 684 g/mol. The second-order valence-electron chi connectivity index (χ2n) is 14.1. The molecule has 1 saturated heterocycles. The normalized spacial score (nSPS) is 18.5. The van der Waals surface area contributed by atoms with Gasteiger partial charge in [0.1, 0.15) is 16.8 Å². The quantitative estimate of drug-likeness (QED) is 0.215. The first-order valence-electron chi connectivity index (χ1n) is 17.3. The van der Waals surface area contributed by atoms with E-state index >= 15 is 0 Å². The minimum Gasteiger partial charge on any atom is -0.469 e. The van der Waals surface area contributed by atoms with Crippen LogP contribution in [0.25, 0.3) is 0 Å². The Morgan fingerprint density at radius 3 is 2.35 bits per heavy atom. The van der Waals surface area contributed by atoms with Crippen LogP contribution in [0.2, 0.25) is 0 Å². The molecule has 0 aliphatic carbocycles. The summed E-state index contributed by atoms with van der Waals surface area (Å²) in [5.74, 6) is -1.54. The van der Waals surface area contributed by atoms with Gasteiger partial charge in [-0.1, -0.05) is 71.4 Å². The predicted octanol–water partition coefficient (Wildman–Crippen LogP) is 5.31. The predicted molar refractivity (Wildman–Crippen MR) is 189 cm³/mol. The zero-order chi connectivity index (χ0) is 35.5. The van der Waals surface area contributed by atoms with Gasteiger partial charge in [0.05, 0.1) is 19.1 Å². The summed E-state index contributed by atoms with van der Waals surface area (Å²) >= 11 is 1.20. The van der Waals surface area contributed by atoms with Crippen LogP contribution in [0.1, 0.15) is 100 Å². The molecule has 0 unspecified atom stereocenters. The number of likely N-dealkylation sites (N-methyl/N-ethyl adjacent to an activating group) is 1. The first-order chi connectivity index (χ1) is 22.7. The molecule has 1 aliphatic heterocycles. The molecular weight excluding hydrogens is 628 g/mol. The van der Waals surface area contributed by atoms with Crippen LogP contribution >= 0.6 is 11.3 Å². The summed E-state index contributed by atoms with van der Waals surface area (Å²) in [6.07, 6.45) is 3.33. The highest BCUT2D eigenvalue weighted by molar-refractivity contribution is 7.09. The van der Waals surface area contributed by atoms with Gasteiger partial charge in [-0.15, -0.1) is 11.3 Å². The Labute approximate surface area is 290 Å². The fourth-order valence-electron chi connectivity index (χ4n) is 6.70. The van der Waals surface area contributed by atoms with E-state index in [1.54, 1.807) is 24.3 Å². The van der Waals surface area contributed by atoms with Crippen molar-refractivity contribution in [2.75, 3.05) is 27.7 Å². The largest absolute Gasteiger partial charge is 0.469 e. The number of Topliss-reactive ketones (excluding diaryl/α,β-unsaturated/α-hetero) is 1. The van der Waals surface area contributed by atoms with E-state index in [4.69, 9.17) is 4.74 Å². The zero-order valence-corrected chi connectivity index (χ0v) is 30.8. The number of ether oxygens (including phenoxy) is 1. The Morgan fingerprint density at radius 1 is 1.06 bits per heavy atom. The number of piperidine rings is 1. The van der Waals surface area contributed by atoms with Crippen molar-refractivity contribution in [2.45, 2.75) is 104 Å². The number of hydrogen-bond donors (Lipinski definition) is 2. The van der Waals surface area contributed by atoms with E-state index in [-0.39, 0.29) is 72.1 Å². The first-order valence-corrected chi connectivity index (χ1v) is 18.2. The molecular formula is C37H56N4O6S. The Balaban J connectivity index is 1.69. The van der Waals surface area contributed by atoms with E-state index in [2.05, 4.69) is 15.2 Å². The number of likely N-dealkylation sites (tertiary alicyclic amines) is 1. The summed E-state index contributed by atoms with van der Waals surface area (Å²) in [7, 11) is 5.09. The average molecular weight is 685 g/mol. The average Bonchev–Trinajstić information content (AvgIpc) is 3.56. The maximum atomic E-state index is 13.9. The summed E-state index contributed by atoms with van der Waals surface area (Å²) in [6, 6.07) is 8.95. The SMILES string of the molecule is COC(=O)[C@@H](C)C[C@H](Cc1ccccc1)NC(=O)c1csc([C@H](O)C[C@H](C(C)C)N(C)C(=O)[C@@H](CC(=O)[C@H]2CCCCN2C)C(C)C)n1. The van der Waals surface area contributed by atoms with E-state index in [1.807, 2.05) is 65.1 Å². The molecule has 1 aliphatic rings. The number of rotatable bonds is 17. The topological polar surface area (TPSA) is 129 Å². The first kappa shape index (κ1) is 39.3. The molecule has 2 heterocycles. The number of carbonyl (C=O) groups is 4. The van der Waals surface area contributed by atoms with Gasteiger partial charge in [-0.2, -0.15) is 0 Å². The van der Waals surface area contributed by atoms with Crippen LogP contribution in [0.4, 0.5) is 0 Å². The van der Waals surface area contributed by atoms with Gasteiger partial charge in [0.15, 0.2) is 5.78 Å². The molecule has 2 N–H and O–H groups in total. The lowest BCUT2D eigenvalue weighted by Crippen LogP contribution is -2.47. The van der Waals surface area contributed by atoms with Crippen LogP contribution < -0.4 is 5.32 Å². The van der Waals surface area contributed by atoms with Gasteiger partial charge in [0.25, 0.3) is 5.91 Å². The standard InChI is InChI=1S/C37H56N4O6S/c1-23(2)28(20-32(42)30-16-12-13-17-40(30)6)36(45)41(7)31(24(3)4)21-33(43)35-39-29(22-48-35)34(44)38-27(18-25(5)37(46)47-8)19-26-14-10-9-11-15-26/h9-11,14-15,22-25,27-28,30-31,33,43H,12-13,16-21H2,1-8H3,(H,38,44)/t25-,27+,28-,30+,31+,33+/m0/s1. The molecule has 1 fully saturated rings. The Bertz CT molecular complexity index is 1350. The van der Waals surface area contributed by atoms with Gasteiger partial charge in [-0.25, -0.2) is 4.98 Å². The van der Waals surface area contributed by atoms with Gasteiger partial charge in [0.2, 0.25) is 5.91 Å². The third kappa shape index (κ3) is 10.9. The summed E-state index contributed by atoms with van der Waals surface area (Å²) in [5, 5.41) is 16.4. The van der Waals surface area contributed by atoms with Gasteiger partial charge in [-0.05, 0) is 56.7 Å². The van der Waals surface area contributed by atoms with Crippen molar-refractivity contribution in [3.05, 3.63) is 52.0 Å². The van der Waals surface area contributed by atoms with E-state index in [9.17, 15) is 24.3 Å². The summed E-state index contributed by atoms with van der Waals surface area (Å²) in [5.41, 5.74) is 1.22. The fraction of sp³-hybridized carbons (Fsp3) is 0.649. The summed E-state index contributed by atoms with van der Waals surface area (Å²) < 4.78 is 4.90. The number of aliphatic hydroxyl groups excluding tert-OH is 1. The van der Waals surface area contributed by atoms with Crippen molar-refractivity contribution < 1.29 is 29.0 Å². The van der Waals surface area contributed by atoms with Crippen LogP contribution in [0.3, 0.4) is 0 Å². The molecule has 1 aromatic heterocycles. The molecule has 266 valence electrons. The van der Waals surface area contributed by atoms with E-state index in [1.165, 1.54) is 18.4 Å². The van der Waals surface area contributed by atoms with Gasteiger partial charge in [-0.3, -0.25) is 24.1 Å². The molecule has 2 aromatic rings. The lowest BCUT2D eigenvalue weighted by atomic mass is 9.85. The van der Waals surface area contributed by atoms with Crippen LogP contribution in [0.5, 0.6) is 0 Å². The number of thiazole rings is 1. The van der Waals surface area contributed by atoms with Gasteiger partial charge in [0, 0.05) is 43.3 Å². The molecule has 2 amide bonds. The fourth-order valence-corrected chi connectivity index (χ4v) is 7.49. The van der Waals surface area contributed by atoms with E-state index < -0.39 is 17.9 Å². The molecule has 3 rings (SSSR count). The van der Waals surface area contributed by atoms with Crippen molar-refractivity contribution >= 4 is 34.9 Å². The molecule has 6 atom stereocenters. The number of esters is 1. The number of amides is 2. The van der Waals surface area contributed by atoms with E-state index in [0.717, 1.165) is 31.4 Å². The number of nitrogens with zero attached hydrogens (tertiary/aromatic N) is 3. The Hall–Kier alpha value is -3.15. The Kier molecular flexibility index (Phi) is 15.2. The van der Waals surface area contributed by atoms with Crippen molar-refractivity contribution in [2.24, 2.45) is 23.7 Å². The number of carbonyl (C=O) groups excluding carboxylic acids is 4. The Morgan fingerprint density at radius 2 is 1.75 bits per heavy atom. The molecule has 0 saturated carbocycles. The number of benzene rings is 1. The number of ketones is 1. The highest BCUT2D eigenvalue weighted by Crippen LogP contribution is 2.30. The number of methoxy groups -OCH3 is 1. The maximum absolute atomic E-state index is 13.9. The highest BCUT2D eigenvalue weighted by atomic mass is 32.1. The third-order valence-electron chi connectivity index (χ3n) is 9.71. The van der Waals surface area contributed by atoms with Crippen molar-refractivity contribution in [1.82, 2.24) is 20.1 Å². The van der Waals surface area contributed by atoms with Gasteiger partial charge < -0.3 is 20.1 Å². The third-order valence-corrected chi connectivity index (χ3v) is 10.7. The van der Waals surface area contributed by atoms with Crippen LogP contribution in [0.15, 0.2) is 35.7 Å². The van der Waals surface area contributed by atoms with Crippen LogP contribution in [0, 0.1) is 23.7 Å². The smallest absolute Gasteiger partial charge is 0.308 e. The van der Waals surface area contributed by atoms with Crippen LogP contribution in [-0.4, -0.2) is 89.3 Å². The summed E-state index contributed by atoms with van der Waals surface area (Å²) in [6.45, 7) is 10.7. The molecule has 1 aromatic carbocycles. The maximum Gasteiger partial charge on any atom is 0.308 e. The van der Waals surface area contributed by atoms with E-state index in [0.29, 0.717) is 17.8 Å². The number of aromatic nitrogens is 1. The highest BCUT2D eigenvalue weighted by Gasteiger charge is 2.36. The second-order valence-corrected chi connectivity index (χ2v) is 15.0. The zero-order valence-electron chi connectivity index (χ0n) is 30.0. The minimum atomic E-state index is -0.992. The lowest BCUT2D eigenvalue weighted by Gasteiger charge is -2.37. The number of nitrogens with one attached hydrogen (secondary N) is 1.